The van der Waals surface area contributed by atoms with E-state index >= 15 is 0 Å². The summed E-state index contributed by atoms with van der Waals surface area (Å²) in [7, 11) is -10.1. The van der Waals surface area contributed by atoms with Crippen molar-refractivity contribution in [2.24, 2.45) is 5.73 Å². The summed E-state index contributed by atoms with van der Waals surface area (Å²) in [6.45, 7) is -1.47. The van der Waals surface area contributed by atoms with Crippen LogP contribution in [0, 0.1) is 0 Å². The number of hydrogen-bond donors (Lipinski definition) is 4. The van der Waals surface area contributed by atoms with Crippen LogP contribution in [0.5, 0.6) is 0 Å². The Morgan fingerprint density at radius 2 is 2.00 bits per heavy atom. The first-order chi connectivity index (χ1) is 12.6. The van der Waals surface area contributed by atoms with Gasteiger partial charge in [0, 0.05) is 18.9 Å². The molecule has 27 heavy (non-hydrogen) atoms. The van der Waals surface area contributed by atoms with E-state index < -0.39 is 59.2 Å². The molecule has 2 rings (SSSR count). The van der Waals surface area contributed by atoms with Gasteiger partial charge < -0.3 is 25.4 Å². The maximum Gasteiger partial charge on any atom is 0.481 e. The van der Waals surface area contributed by atoms with Crippen LogP contribution >= 0.6 is 15.6 Å². The molecule has 0 spiro atoms. The number of phosphoric acid groups is 2. The molecule has 1 fully saturated rings. The number of aliphatic hydroxyl groups is 1. The number of phosphoric ester groups is 2. The van der Waals surface area contributed by atoms with Crippen molar-refractivity contribution in [1.29, 1.82) is 0 Å². The molecule has 4 unspecified atom stereocenters. The normalized spacial score (nSPS) is 30.0. The van der Waals surface area contributed by atoms with E-state index in [0.717, 1.165) is 4.57 Å². The Morgan fingerprint density at radius 1 is 1.33 bits per heavy atom. The zero-order valence-corrected chi connectivity index (χ0v) is 15.4. The molecule has 1 aromatic heterocycles. The highest BCUT2D eigenvalue weighted by atomic mass is 31.3. The molecule has 0 bridgehead atoms. The summed E-state index contributed by atoms with van der Waals surface area (Å²) >= 11 is 0. The Bertz CT molecular complexity index is 794. The average molecular weight is 433 g/mol. The molecule has 1 saturated heterocycles. The Hall–Kier alpha value is -1.05. The molecule has 1 aliphatic heterocycles. The molecular formula is C11H18FN3O10P2. The molecule has 16 heteroatoms. The van der Waals surface area contributed by atoms with E-state index in [1.54, 1.807) is 0 Å². The van der Waals surface area contributed by atoms with Crippen LogP contribution in [0.25, 0.3) is 0 Å². The third-order valence-corrected chi connectivity index (χ3v) is 5.92. The summed E-state index contributed by atoms with van der Waals surface area (Å²) in [4.78, 5) is 33.8. The number of nitrogens with two attached hydrogens (primary N) is 1. The lowest BCUT2D eigenvalue weighted by molar-refractivity contribution is -0.0483. The first-order valence-electron chi connectivity index (χ1n) is 7.43. The summed E-state index contributed by atoms with van der Waals surface area (Å²) < 4.78 is 56.0. The van der Waals surface area contributed by atoms with Gasteiger partial charge in [-0.15, -0.1) is 0 Å². The Labute approximate surface area is 151 Å². The van der Waals surface area contributed by atoms with E-state index in [1.807, 2.05) is 0 Å². The molecule has 6 atom stereocenters. The minimum atomic E-state index is -5.13. The second kappa shape index (κ2) is 8.97. The minimum absolute atomic E-state index is 0.153. The van der Waals surface area contributed by atoms with E-state index in [1.165, 1.54) is 18.5 Å². The van der Waals surface area contributed by atoms with Gasteiger partial charge in [0.05, 0.1) is 13.2 Å². The maximum absolute atomic E-state index is 14.2. The van der Waals surface area contributed by atoms with Crippen molar-refractivity contribution >= 4 is 15.6 Å². The lowest BCUT2D eigenvalue weighted by atomic mass is 10.1. The minimum Gasteiger partial charge on any atom is -0.387 e. The van der Waals surface area contributed by atoms with Crippen LogP contribution in [0.3, 0.4) is 0 Å². The van der Waals surface area contributed by atoms with Gasteiger partial charge in [0.2, 0.25) is 0 Å². The fourth-order valence-corrected chi connectivity index (χ4v) is 4.23. The average Bonchev–Trinajstić information content (AvgIpc) is 2.86. The second-order valence-corrected chi connectivity index (χ2v) is 8.29. The van der Waals surface area contributed by atoms with Gasteiger partial charge in [-0.3, -0.25) is 13.6 Å². The van der Waals surface area contributed by atoms with Crippen molar-refractivity contribution in [3.63, 3.8) is 0 Å². The number of ether oxygens (including phenoxy) is 1. The number of halogens is 1. The van der Waals surface area contributed by atoms with E-state index in [4.69, 9.17) is 10.5 Å². The van der Waals surface area contributed by atoms with Crippen molar-refractivity contribution in [2.75, 3.05) is 19.8 Å². The fourth-order valence-electron chi connectivity index (χ4n) is 2.14. The molecular weight excluding hydrogens is 415 g/mol. The highest BCUT2D eigenvalue weighted by molar-refractivity contribution is 7.61. The summed E-state index contributed by atoms with van der Waals surface area (Å²) in [6, 6.07) is 1.34. The number of aromatic nitrogens is 2. The van der Waals surface area contributed by atoms with Crippen LogP contribution in [0.1, 0.15) is 6.23 Å². The number of alkyl halides is 1. The molecule has 5 N–H and O–H groups in total. The van der Waals surface area contributed by atoms with E-state index in [2.05, 4.69) is 18.3 Å². The zero-order chi connectivity index (χ0) is 20.2. The lowest BCUT2D eigenvalue weighted by Crippen LogP contribution is -2.33. The van der Waals surface area contributed by atoms with Crippen molar-refractivity contribution in [1.82, 2.24) is 9.55 Å². The third-order valence-electron chi connectivity index (χ3n) is 3.29. The van der Waals surface area contributed by atoms with Crippen LogP contribution in [0.15, 0.2) is 23.3 Å². The Balaban J connectivity index is 1.99. The van der Waals surface area contributed by atoms with Gasteiger partial charge in [0.1, 0.15) is 12.2 Å². The molecule has 0 radical (unpaired) electrons. The zero-order valence-electron chi connectivity index (χ0n) is 13.6. The van der Waals surface area contributed by atoms with Crippen LogP contribution in [-0.2, 0) is 27.2 Å². The number of hydrogen-bond acceptors (Lipinski definition) is 10. The van der Waals surface area contributed by atoms with Crippen LogP contribution < -0.4 is 11.4 Å². The number of aliphatic hydroxyl groups excluding tert-OH is 1. The monoisotopic (exact) mass is 433 g/mol. The standard InChI is InChI=1S/C11H18FN3O10P2/c12-8-9(16)7(24-10(8)15-4-1-3-14-11(15)17)6-23-27(20,21)25-26(18,19)22-5-2-13/h1,3-4,7-10,16H,2,5-6,13H2,(H,18,19)(H,20,21)/t7-,8?,9-,10?/m1/s1. The summed E-state index contributed by atoms with van der Waals surface area (Å²) in [5.74, 6) is 0. The quantitative estimate of drug-likeness (QED) is 0.349. The van der Waals surface area contributed by atoms with Crippen molar-refractivity contribution in [3.8, 4) is 0 Å². The highest BCUT2D eigenvalue weighted by Gasteiger charge is 2.47. The van der Waals surface area contributed by atoms with E-state index in [-0.39, 0.29) is 6.54 Å². The van der Waals surface area contributed by atoms with Gasteiger partial charge >= 0.3 is 21.3 Å². The van der Waals surface area contributed by atoms with Crippen molar-refractivity contribution in [2.45, 2.75) is 24.6 Å². The van der Waals surface area contributed by atoms with E-state index in [0.29, 0.717) is 0 Å². The van der Waals surface area contributed by atoms with Gasteiger partial charge in [-0.25, -0.2) is 23.3 Å². The molecule has 154 valence electrons. The lowest BCUT2D eigenvalue weighted by Gasteiger charge is -2.19. The predicted octanol–water partition coefficient (Wildman–Crippen LogP) is -0.951. The molecule has 0 aliphatic carbocycles. The maximum atomic E-state index is 14.2. The van der Waals surface area contributed by atoms with Crippen molar-refractivity contribution in [3.05, 3.63) is 28.9 Å². The van der Waals surface area contributed by atoms with Crippen LogP contribution in [0.2, 0.25) is 0 Å². The Morgan fingerprint density at radius 3 is 2.63 bits per heavy atom. The summed E-state index contributed by atoms with van der Waals surface area (Å²) in [6.07, 6.45) is -4.57. The van der Waals surface area contributed by atoms with Crippen LogP contribution in [-0.4, -0.2) is 62.6 Å². The number of rotatable bonds is 9. The summed E-state index contributed by atoms with van der Waals surface area (Å²) in [5, 5.41) is 9.85. The predicted molar refractivity (Wildman–Crippen MR) is 85.0 cm³/mol. The molecule has 2 heterocycles. The molecule has 0 aromatic carbocycles. The van der Waals surface area contributed by atoms with Gasteiger partial charge in [0.25, 0.3) is 0 Å². The SMILES string of the molecule is NCCOP(=O)(O)OP(=O)(O)OC[C@H]1OC(n2cccnc2=O)C(F)[C@@H]1O. The first-order valence-corrected chi connectivity index (χ1v) is 10.4. The van der Waals surface area contributed by atoms with Gasteiger partial charge in [0.15, 0.2) is 12.4 Å². The van der Waals surface area contributed by atoms with Gasteiger partial charge in [-0.2, -0.15) is 4.31 Å². The van der Waals surface area contributed by atoms with Gasteiger partial charge in [-0.1, -0.05) is 0 Å². The molecule has 0 saturated carbocycles. The van der Waals surface area contributed by atoms with Gasteiger partial charge in [-0.05, 0) is 6.07 Å². The topological polar surface area (TPSA) is 193 Å². The third kappa shape index (κ3) is 5.96. The van der Waals surface area contributed by atoms with Crippen LogP contribution in [0.4, 0.5) is 4.39 Å². The molecule has 1 aliphatic rings. The highest BCUT2D eigenvalue weighted by Crippen LogP contribution is 2.60. The summed E-state index contributed by atoms with van der Waals surface area (Å²) in [5.41, 5.74) is 4.22. The smallest absolute Gasteiger partial charge is 0.387 e. The second-order valence-electron chi connectivity index (χ2n) is 5.25. The largest absolute Gasteiger partial charge is 0.481 e. The van der Waals surface area contributed by atoms with E-state index in [9.17, 15) is 33.2 Å². The molecule has 13 nitrogen and oxygen atoms in total. The first kappa shape index (κ1) is 22.2. The fraction of sp³-hybridized carbons (Fsp3) is 0.636. The molecule has 0 amide bonds. The van der Waals surface area contributed by atoms with Crippen molar-refractivity contribution < 1.29 is 46.5 Å². The number of nitrogens with zero attached hydrogens (tertiary/aromatic N) is 2. The molecule has 1 aromatic rings. The Kier molecular flexibility index (Phi) is 7.39.